The normalized spacial score (nSPS) is 15.4. The third-order valence-corrected chi connectivity index (χ3v) is 5.07. The SMILES string of the molecule is C[C@@H](CN1CCCCC1)NC(=O)Cn1cccc(C(=O)Nc2ccc(F)cc2)c1=O. The van der Waals surface area contributed by atoms with Crippen molar-refractivity contribution in [3.8, 4) is 0 Å². The molecule has 8 heteroatoms. The van der Waals surface area contributed by atoms with Gasteiger partial charge >= 0.3 is 0 Å². The fraction of sp³-hybridized carbons (Fsp3) is 0.409. The van der Waals surface area contributed by atoms with Gasteiger partial charge in [-0.15, -0.1) is 0 Å². The van der Waals surface area contributed by atoms with E-state index in [4.69, 9.17) is 0 Å². The van der Waals surface area contributed by atoms with Crippen LogP contribution in [0.25, 0.3) is 0 Å². The van der Waals surface area contributed by atoms with Gasteiger partial charge in [-0.05, 0) is 69.3 Å². The first kappa shape index (κ1) is 21.7. The van der Waals surface area contributed by atoms with Crippen LogP contribution < -0.4 is 16.2 Å². The number of amides is 2. The molecule has 0 radical (unpaired) electrons. The van der Waals surface area contributed by atoms with Crippen molar-refractivity contribution in [3.05, 3.63) is 64.3 Å². The Bertz CT molecular complexity index is 936. The number of carbonyl (C=O) groups excluding carboxylic acids is 2. The Morgan fingerprint density at radius 1 is 1.10 bits per heavy atom. The fourth-order valence-electron chi connectivity index (χ4n) is 3.62. The first-order valence-electron chi connectivity index (χ1n) is 10.2. The Hall–Kier alpha value is -3.00. The zero-order valence-corrected chi connectivity index (χ0v) is 17.1. The summed E-state index contributed by atoms with van der Waals surface area (Å²) in [5.41, 5.74) is -0.271. The van der Waals surface area contributed by atoms with E-state index in [0.717, 1.165) is 19.6 Å². The molecule has 1 atom stereocenters. The summed E-state index contributed by atoms with van der Waals surface area (Å²) >= 11 is 0. The number of rotatable bonds is 7. The first-order chi connectivity index (χ1) is 14.4. The number of nitrogens with zero attached hydrogens (tertiary/aromatic N) is 2. The van der Waals surface area contributed by atoms with Crippen LogP contribution in [-0.2, 0) is 11.3 Å². The molecule has 0 bridgehead atoms. The van der Waals surface area contributed by atoms with Crippen LogP contribution in [0.3, 0.4) is 0 Å². The van der Waals surface area contributed by atoms with Crippen molar-refractivity contribution in [2.75, 3.05) is 25.0 Å². The maximum absolute atomic E-state index is 13.0. The molecule has 3 rings (SSSR count). The minimum Gasteiger partial charge on any atom is -0.351 e. The van der Waals surface area contributed by atoms with Gasteiger partial charge in [-0.1, -0.05) is 6.42 Å². The minimum atomic E-state index is -0.611. The molecule has 1 aliphatic rings. The number of aromatic nitrogens is 1. The van der Waals surface area contributed by atoms with Crippen LogP contribution in [0.1, 0.15) is 36.5 Å². The van der Waals surface area contributed by atoms with Gasteiger partial charge in [0.15, 0.2) is 0 Å². The molecule has 2 heterocycles. The largest absolute Gasteiger partial charge is 0.351 e. The monoisotopic (exact) mass is 414 g/mol. The number of hydrogen-bond acceptors (Lipinski definition) is 4. The second kappa shape index (κ2) is 10.2. The molecule has 160 valence electrons. The molecule has 2 amide bonds. The maximum atomic E-state index is 13.0. The second-order valence-electron chi connectivity index (χ2n) is 7.65. The summed E-state index contributed by atoms with van der Waals surface area (Å²) in [4.78, 5) is 39.8. The van der Waals surface area contributed by atoms with Crippen LogP contribution >= 0.6 is 0 Å². The summed E-state index contributed by atoms with van der Waals surface area (Å²) in [6.07, 6.45) is 5.10. The molecule has 30 heavy (non-hydrogen) atoms. The highest BCUT2D eigenvalue weighted by atomic mass is 19.1. The number of piperidine rings is 1. The molecule has 1 fully saturated rings. The van der Waals surface area contributed by atoms with E-state index in [1.54, 1.807) is 6.07 Å². The predicted molar refractivity (Wildman–Crippen MR) is 113 cm³/mol. The number of pyridine rings is 1. The molecule has 1 saturated heterocycles. The maximum Gasteiger partial charge on any atom is 0.263 e. The van der Waals surface area contributed by atoms with Gasteiger partial charge in [0.25, 0.3) is 11.5 Å². The smallest absolute Gasteiger partial charge is 0.263 e. The van der Waals surface area contributed by atoms with E-state index >= 15 is 0 Å². The Morgan fingerprint density at radius 3 is 2.50 bits per heavy atom. The third kappa shape index (κ3) is 6.00. The van der Waals surface area contributed by atoms with Gasteiger partial charge in [0.05, 0.1) is 0 Å². The number of hydrogen-bond donors (Lipinski definition) is 2. The molecular formula is C22H27FN4O3. The van der Waals surface area contributed by atoms with Crippen molar-refractivity contribution in [1.29, 1.82) is 0 Å². The van der Waals surface area contributed by atoms with Crippen molar-refractivity contribution < 1.29 is 14.0 Å². The van der Waals surface area contributed by atoms with Gasteiger partial charge in [-0.25, -0.2) is 4.39 Å². The van der Waals surface area contributed by atoms with E-state index in [-0.39, 0.29) is 24.1 Å². The van der Waals surface area contributed by atoms with Crippen molar-refractivity contribution in [1.82, 2.24) is 14.8 Å². The molecule has 7 nitrogen and oxygen atoms in total. The third-order valence-electron chi connectivity index (χ3n) is 5.07. The van der Waals surface area contributed by atoms with Crippen molar-refractivity contribution in [2.24, 2.45) is 0 Å². The summed E-state index contributed by atoms with van der Waals surface area (Å²) in [5.74, 6) is -1.31. The quantitative estimate of drug-likeness (QED) is 0.728. The standard InChI is InChI=1S/C22H27FN4O3/c1-16(14-26-11-3-2-4-12-26)24-20(28)15-27-13-5-6-19(22(27)30)21(29)25-18-9-7-17(23)8-10-18/h5-10,13,16H,2-4,11-12,14-15H2,1H3,(H,24,28)(H,25,29)/t16-/m0/s1. The molecule has 0 spiro atoms. The lowest BCUT2D eigenvalue weighted by Crippen LogP contribution is -2.45. The van der Waals surface area contributed by atoms with Crippen LogP contribution in [0, 0.1) is 5.82 Å². The van der Waals surface area contributed by atoms with Crippen molar-refractivity contribution in [2.45, 2.75) is 38.8 Å². The average molecular weight is 414 g/mol. The van der Waals surface area contributed by atoms with Crippen LogP contribution in [0.2, 0.25) is 0 Å². The Balaban J connectivity index is 1.59. The topological polar surface area (TPSA) is 83.4 Å². The van der Waals surface area contributed by atoms with Gasteiger partial charge in [-0.3, -0.25) is 14.4 Å². The predicted octanol–water partition coefficient (Wildman–Crippen LogP) is 2.23. The summed E-state index contributed by atoms with van der Waals surface area (Å²) in [7, 11) is 0. The molecule has 0 unspecified atom stereocenters. The number of benzene rings is 1. The summed E-state index contributed by atoms with van der Waals surface area (Å²) in [5, 5.41) is 5.48. The molecule has 1 aromatic carbocycles. The lowest BCUT2D eigenvalue weighted by atomic mass is 10.1. The Kier molecular flexibility index (Phi) is 7.35. The first-order valence-corrected chi connectivity index (χ1v) is 10.2. The minimum absolute atomic E-state index is 0.0312. The molecular weight excluding hydrogens is 387 g/mol. The van der Waals surface area contributed by atoms with Gasteiger partial charge in [0.2, 0.25) is 5.91 Å². The Labute approximate surface area is 174 Å². The molecule has 2 aromatic rings. The molecule has 2 N–H and O–H groups in total. The number of nitrogens with one attached hydrogen (secondary N) is 2. The van der Waals surface area contributed by atoms with E-state index < -0.39 is 17.3 Å². The van der Waals surface area contributed by atoms with Gasteiger partial charge in [-0.2, -0.15) is 0 Å². The zero-order valence-electron chi connectivity index (χ0n) is 17.1. The van der Waals surface area contributed by atoms with E-state index in [0.29, 0.717) is 5.69 Å². The highest BCUT2D eigenvalue weighted by molar-refractivity contribution is 6.04. The molecule has 1 aliphatic heterocycles. The van der Waals surface area contributed by atoms with Gasteiger partial charge in [0.1, 0.15) is 17.9 Å². The van der Waals surface area contributed by atoms with Crippen LogP contribution in [-0.4, -0.2) is 47.0 Å². The second-order valence-corrected chi connectivity index (χ2v) is 7.65. The van der Waals surface area contributed by atoms with E-state index in [9.17, 15) is 18.8 Å². The highest BCUT2D eigenvalue weighted by Gasteiger charge is 2.17. The van der Waals surface area contributed by atoms with Crippen LogP contribution in [0.5, 0.6) is 0 Å². The van der Waals surface area contributed by atoms with Crippen molar-refractivity contribution in [3.63, 3.8) is 0 Å². The van der Waals surface area contributed by atoms with Crippen LogP contribution in [0.4, 0.5) is 10.1 Å². The summed E-state index contributed by atoms with van der Waals surface area (Å²) in [6.45, 7) is 4.65. The lowest BCUT2D eigenvalue weighted by molar-refractivity contribution is -0.122. The zero-order chi connectivity index (χ0) is 21.5. The number of halogens is 1. The van der Waals surface area contributed by atoms with Crippen molar-refractivity contribution >= 4 is 17.5 Å². The number of likely N-dealkylation sites (tertiary alicyclic amines) is 1. The molecule has 0 aliphatic carbocycles. The van der Waals surface area contributed by atoms with Gasteiger partial charge in [0, 0.05) is 24.5 Å². The number of carbonyl (C=O) groups is 2. The average Bonchev–Trinajstić information content (AvgIpc) is 2.71. The number of anilines is 1. The van der Waals surface area contributed by atoms with E-state index in [2.05, 4.69) is 15.5 Å². The fourth-order valence-corrected chi connectivity index (χ4v) is 3.62. The molecule has 0 saturated carbocycles. The lowest BCUT2D eigenvalue weighted by Gasteiger charge is -2.29. The van der Waals surface area contributed by atoms with Crippen LogP contribution in [0.15, 0.2) is 47.4 Å². The molecule has 1 aromatic heterocycles. The van der Waals surface area contributed by atoms with Gasteiger partial charge < -0.3 is 20.1 Å². The summed E-state index contributed by atoms with van der Waals surface area (Å²) in [6, 6.07) is 8.16. The highest BCUT2D eigenvalue weighted by Crippen LogP contribution is 2.10. The van der Waals surface area contributed by atoms with E-state index in [1.165, 1.54) is 60.4 Å². The van der Waals surface area contributed by atoms with E-state index in [1.807, 2.05) is 6.92 Å². The summed E-state index contributed by atoms with van der Waals surface area (Å²) < 4.78 is 14.2. The Morgan fingerprint density at radius 2 is 1.80 bits per heavy atom.